The summed E-state index contributed by atoms with van der Waals surface area (Å²) < 4.78 is 5.26. The smallest absolute Gasteiger partial charge is 0.239 e. The lowest BCUT2D eigenvalue weighted by Gasteiger charge is -2.23. The monoisotopic (exact) mass is 360 g/mol. The molecule has 0 saturated carbocycles. The molecular weight excluding hydrogens is 340 g/mol. The first-order chi connectivity index (χ1) is 11.8. The fourth-order valence-electron chi connectivity index (χ4n) is 2.17. The number of para-hydroxylation sites is 1. The molecule has 0 fully saturated rings. The van der Waals surface area contributed by atoms with Crippen LogP contribution in [0, 0.1) is 5.41 Å². The zero-order chi connectivity index (χ0) is 18.4. The van der Waals surface area contributed by atoms with E-state index in [2.05, 4.69) is 10.6 Å². The van der Waals surface area contributed by atoms with Crippen LogP contribution in [0.3, 0.4) is 0 Å². The van der Waals surface area contributed by atoms with Gasteiger partial charge in [0.1, 0.15) is 11.2 Å². The van der Waals surface area contributed by atoms with Gasteiger partial charge in [-0.3, -0.25) is 9.59 Å². The first-order valence-corrected chi connectivity index (χ1v) is 8.19. The van der Waals surface area contributed by atoms with Crippen molar-refractivity contribution in [2.75, 3.05) is 12.4 Å². The van der Waals surface area contributed by atoms with Crippen molar-refractivity contribution in [3.63, 3.8) is 0 Å². The molecule has 0 aromatic heterocycles. The number of anilines is 1. The quantitative estimate of drug-likeness (QED) is 0.773. The summed E-state index contributed by atoms with van der Waals surface area (Å²) in [7, 11) is 1.57. The largest absolute Gasteiger partial charge is 0.496 e. The third-order valence-corrected chi connectivity index (χ3v) is 4.12. The van der Waals surface area contributed by atoms with Gasteiger partial charge in [-0.25, -0.2) is 0 Å². The summed E-state index contributed by atoms with van der Waals surface area (Å²) in [5.74, 6) is -0.0801. The first-order valence-electron chi connectivity index (χ1n) is 7.82. The predicted octanol–water partition coefficient (Wildman–Crippen LogP) is 3.63. The van der Waals surface area contributed by atoms with Crippen molar-refractivity contribution in [2.24, 2.45) is 5.41 Å². The number of carbonyl (C=O) groups excluding carboxylic acids is 2. The summed E-state index contributed by atoms with van der Waals surface area (Å²) in [6.45, 7) is 3.44. The molecule has 0 heterocycles. The number of amides is 2. The molecule has 0 radical (unpaired) electrons. The molecule has 0 atom stereocenters. The molecule has 0 saturated heterocycles. The Hall–Kier alpha value is -2.53. The number of rotatable bonds is 6. The van der Waals surface area contributed by atoms with Crippen LogP contribution < -0.4 is 15.4 Å². The molecule has 0 unspecified atom stereocenters. The van der Waals surface area contributed by atoms with Gasteiger partial charge in [-0.1, -0.05) is 29.8 Å². The Morgan fingerprint density at radius 1 is 1.04 bits per heavy atom. The summed E-state index contributed by atoms with van der Waals surface area (Å²) in [5.41, 5.74) is 0.189. The maximum absolute atomic E-state index is 12.5. The van der Waals surface area contributed by atoms with Crippen LogP contribution in [0.25, 0.3) is 0 Å². The van der Waals surface area contributed by atoms with Crippen molar-refractivity contribution >= 4 is 29.1 Å². The Morgan fingerprint density at radius 2 is 1.68 bits per heavy atom. The normalized spacial score (nSPS) is 10.9. The van der Waals surface area contributed by atoms with Crippen LogP contribution in [-0.2, 0) is 16.1 Å². The molecule has 132 valence electrons. The standard InChI is InChI=1S/C19H21ClN2O3/c1-19(2,18(24)22-15-10-8-14(20)9-11-15)17(23)21-12-13-6-4-5-7-16(13)25-3/h4-11H,12H2,1-3H3,(H,21,23)(H,22,24). The van der Waals surface area contributed by atoms with E-state index in [9.17, 15) is 9.59 Å². The second kappa shape index (κ2) is 8.03. The summed E-state index contributed by atoms with van der Waals surface area (Å²) in [6, 6.07) is 14.1. The highest BCUT2D eigenvalue weighted by molar-refractivity contribution is 6.30. The first kappa shape index (κ1) is 18.8. The van der Waals surface area contributed by atoms with E-state index in [4.69, 9.17) is 16.3 Å². The number of carbonyl (C=O) groups is 2. The summed E-state index contributed by atoms with van der Waals surface area (Å²) in [6.07, 6.45) is 0. The molecule has 5 nitrogen and oxygen atoms in total. The maximum Gasteiger partial charge on any atom is 0.239 e. The lowest BCUT2D eigenvalue weighted by Crippen LogP contribution is -2.44. The van der Waals surface area contributed by atoms with Crippen molar-refractivity contribution in [3.05, 3.63) is 59.1 Å². The lowest BCUT2D eigenvalue weighted by molar-refractivity contribution is -0.138. The minimum absolute atomic E-state index is 0.278. The number of ether oxygens (including phenoxy) is 1. The van der Waals surface area contributed by atoms with Crippen LogP contribution in [0.4, 0.5) is 5.69 Å². The predicted molar refractivity (Wildman–Crippen MR) is 98.7 cm³/mol. The van der Waals surface area contributed by atoms with Crippen LogP contribution in [-0.4, -0.2) is 18.9 Å². The van der Waals surface area contributed by atoms with Crippen molar-refractivity contribution in [1.29, 1.82) is 0 Å². The molecule has 0 aliphatic carbocycles. The molecule has 0 spiro atoms. The molecule has 6 heteroatoms. The third-order valence-electron chi connectivity index (χ3n) is 3.87. The molecular formula is C19H21ClN2O3. The number of hydrogen-bond acceptors (Lipinski definition) is 3. The molecule has 0 bridgehead atoms. The molecule has 25 heavy (non-hydrogen) atoms. The van der Waals surface area contributed by atoms with E-state index in [1.165, 1.54) is 0 Å². The van der Waals surface area contributed by atoms with Crippen LogP contribution in [0.5, 0.6) is 5.75 Å². The summed E-state index contributed by atoms with van der Waals surface area (Å²) >= 11 is 5.83. The van der Waals surface area contributed by atoms with Gasteiger partial charge in [0, 0.05) is 22.8 Å². The maximum atomic E-state index is 12.5. The van der Waals surface area contributed by atoms with Gasteiger partial charge in [-0.05, 0) is 44.2 Å². The lowest BCUT2D eigenvalue weighted by atomic mass is 9.90. The summed E-state index contributed by atoms with van der Waals surface area (Å²) in [5, 5.41) is 6.09. The molecule has 0 aliphatic rings. The Balaban J connectivity index is 2.01. The molecule has 2 amide bonds. The van der Waals surface area contributed by atoms with Gasteiger partial charge in [0.15, 0.2) is 0 Å². The highest BCUT2D eigenvalue weighted by atomic mass is 35.5. The van der Waals surface area contributed by atoms with Gasteiger partial charge >= 0.3 is 0 Å². The van der Waals surface area contributed by atoms with Gasteiger partial charge in [-0.15, -0.1) is 0 Å². The average Bonchev–Trinajstić information content (AvgIpc) is 2.61. The minimum Gasteiger partial charge on any atom is -0.496 e. The number of halogens is 1. The van der Waals surface area contributed by atoms with Crippen molar-refractivity contribution in [2.45, 2.75) is 20.4 Å². The number of methoxy groups -OCH3 is 1. The van der Waals surface area contributed by atoms with Gasteiger partial charge < -0.3 is 15.4 Å². The minimum atomic E-state index is -1.23. The van der Waals surface area contributed by atoms with E-state index in [0.29, 0.717) is 16.5 Å². The molecule has 0 aliphatic heterocycles. The fraction of sp³-hybridized carbons (Fsp3) is 0.263. The van der Waals surface area contributed by atoms with Crippen LogP contribution >= 0.6 is 11.6 Å². The van der Waals surface area contributed by atoms with Crippen molar-refractivity contribution < 1.29 is 14.3 Å². The number of benzene rings is 2. The van der Waals surface area contributed by atoms with Gasteiger partial charge in [-0.2, -0.15) is 0 Å². The zero-order valence-corrected chi connectivity index (χ0v) is 15.2. The van der Waals surface area contributed by atoms with Crippen molar-refractivity contribution in [1.82, 2.24) is 5.32 Å². The highest BCUT2D eigenvalue weighted by Crippen LogP contribution is 2.22. The Bertz CT molecular complexity index is 758. The van der Waals surface area contributed by atoms with Crippen LogP contribution in [0.2, 0.25) is 5.02 Å². The van der Waals surface area contributed by atoms with E-state index >= 15 is 0 Å². The average molecular weight is 361 g/mol. The SMILES string of the molecule is COc1ccccc1CNC(=O)C(C)(C)C(=O)Nc1ccc(Cl)cc1. The molecule has 2 aromatic rings. The highest BCUT2D eigenvalue weighted by Gasteiger charge is 2.36. The van der Waals surface area contributed by atoms with E-state index < -0.39 is 11.3 Å². The second-order valence-corrected chi connectivity index (χ2v) is 6.52. The molecule has 2 N–H and O–H groups in total. The van der Waals surface area contributed by atoms with Gasteiger partial charge in [0.05, 0.1) is 7.11 Å². The second-order valence-electron chi connectivity index (χ2n) is 6.08. The van der Waals surface area contributed by atoms with E-state index in [-0.39, 0.29) is 12.5 Å². The van der Waals surface area contributed by atoms with Gasteiger partial charge in [0.2, 0.25) is 11.8 Å². The van der Waals surface area contributed by atoms with Crippen LogP contribution in [0.1, 0.15) is 19.4 Å². The Kier molecular flexibility index (Phi) is 6.04. The van der Waals surface area contributed by atoms with E-state index in [1.807, 2.05) is 24.3 Å². The summed E-state index contributed by atoms with van der Waals surface area (Å²) in [4.78, 5) is 25.0. The Morgan fingerprint density at radius 3 is 2.32 bits per heavy atom. The Labute approximate surface area is 152 Å². The third kappa shape index (κ3) is 4.73. The van der Waals surface area contributed by atoms with Gasteiger partial charge in [0.25, 0.3) is 0 Å². The fourth-order valence-corrected chi connectivity index (χ4v) is 2.30. The topological polar surface area (TPSA) is 67.4 Å². The van der Waals surface area contributed by atoms with Crippen molar-refractivity contribution in [3.8, 4) is 5.75 Å². The number of hydrogen-bond donors (Lipinski definition) is 2. The van der Waals surface area contributed by atoms with Crippen LogP contribution in [0.15, 0.2) is 48.5 Å². The number of nitrogens with one attached hydrogen (secondary N) is 2. The van der Waals surface area contributed by atoms with E-state index in [0.717, 1.165) is 5.56 Å². The van der Waals surface area contributed by atoms with E-state index in [1.54, 1.807) is 45.2 Å². The molecule has 2 aromatic carbocycles. The zero-order valence-electron chi connectivity index (χ0n) is 14.4. The molecule has 2 rings (SSSR count).